The van der Waals surface area contributed by atoms with Crippen LogP contribution >= 0.6 is 0 Å². The second kappa shape index (κ2) is 8.42. The molecule has 30 heavy (non-hydrogen) atoms. The Morgan fingerprint density at radius 3 is 2.53 bits per heavy atom. The Kier molecular flexibility index (Phi) is 5.71. The molecule has 0 spiro atoms. The summed E-state index contributed by atoms with van der Waals surface area (Å²) in [6, 6.07) is 13.8. The minimum Gasteiger partial charge on any atom is -0.350 e. The van der Waals surface area contributed by atoms with Gasteiger partial charge >= 0.3 is 0 Å². The summed E-state index contributed by atoms with van der Waals surface area (Å²) in [4.78, 5) is 17.1. The van der Waals surface area contributed by atoms with E-state index in [1.807, 2.05) is 48.7 Å². The maximum absolute atomic E-state index is 12.6. The lowest BCUT2D eigenvalue weighted by Gasteiger charge is -2.19. The van der Waals surface area contributed by atoms with E-state index in [1.54, 1.807) is 0 Å². The third kappa shape index (κ3) is 4.30. The van der Waals surface area contributed by atoms with Crippen molar-refractivity contribution in [2.75, 3.05) is 6.54 Å². The Balaban J connectivity index is 1.44. The molecule has 0 saturated carbocycles. The number of fused-ring (bicyclic) bond motifs is 1. The van der Waals surface area contributed by atoms with Gasteiger partial charge < -0.3 is 5.32 Å². The molecule has 2 heterocycles. The van der Waals surface area contributed by atoms with Crippen molar-refractivity contribution >= 4 is 5.91 Å². The van der Waals surface area contributed by atoms with Crippen LogP contribution < -0.4 is 5.32 Å². The standard InChI is InChI=1S/C25H30N4O/c1-25(2,3)19-13-11-18(12-14-19)24(30)27-16-17-29-22-10-5-4-8-20(22)23(28-29)21-9-6-7-15-26-21/h6-7,9,11-15H,4-5,8,10,16-17H2,1-3H3,(H,27,30). The summed E-state index contributed by atoms with van der Waals surface area (Å²) in [6.07, 6.45) is 6.28. The zero-order chi connectivity index (χ0) is 21.1. The van der Waals surface area contributed by atoms with Crippen molar-refractivity contribution in [3.8, 4) is 11.4 Å². The first-order chi connectivity index (χ1) is 14.4. The molecule has 2 aromatic heterocycles. The molecule has 0 bridgehead atoms. The van der Waals surface area contributed by atoms with Crippen LogP contribution in [0.4, 0.5) is 0 Å². The lowest BCUT2D eigenvalue weighted by molar-refractivity contribution is 0.0951. The Morgan fingerprint density at radius 1 is 1.07 bits per heavy atom. The summed E-state index contributed by atoms with van der Waals surface area (Å²) < 4.78 is 2.07. The third-order valence-electron chi connectivity index (χ3n) is 5.79. The van der Waals surface area contributed by atoms with Crippen molar-refractivity contribution in [2.24, 2.45) is 0 Å². The van der Waals surface area contributed by atoms with Crippen molar-refractivity contribution in [1.82, 2.24) is 20.1 Å². The second-order valence-electron chi connectivity index (χ2n) is 9.00. The Morgan fingerprint density at radius 2 is 1.83 bits per heavy atom. The Bertz CT molecular complexity index is 1010. The van der Waals surface area contributed by atoms with E-state index < -0.39 is 0 Å². The summed E-state index contributed by atoms with van der Waals surface area (Å²) >= 11 is 0. The van der Waals surface area contributed by atoms with Crippen LogP contribution in [-0.2, 0) is 24.8 Å². The van der Waals surface area contributed by atoms with E-state index in [0.717, 1.165) is 24.2 Å². The van der Waals surface area contributed by atoms with Crippen LogP contribution in [0.3, 0.4) is 0 Å². The van der Waals surface area contributed by atoms with Crippen LogP contribution in [0.15, 0.2) is 48.7 Å². The molecule has 1 amide bonds. The first-order valence-corrected chi connectivity index (χ1v) is 10.8. The van der Waals surface area contributed by atoms with Crippen LogP contribution in [-0.4, -0.2) is 27.2 Å². The molecule has 5 nitrogen and oxygen atoms in total. The molecule has 0 aliphatic heterocycles. The zero-order valence-corrected chi connectivity index (χ0v) is 18.1. The topological polar surface area (TPSA) is 59.8 Å². The van der Waals surface area contributed by atoms with Gasteiger partial charge in [-0.1, -0.05) is 39.0 Å². The lowest BCUT2D eigenvalue weighted by Crippen LogP contribution is -2.28. The van der Waals surface area contributed by atoms with Gasteiger partial charge in [0.05, 0.1) is 12.2 Å². The SMILES string of the molecule is CC(C)(C)c1ccc(C(=O)NCCn2nc(-c3ccccn3)c3c2CCCC3)cc1. The number of carbonyl (C=O) groups excluding carboxylic acids is 1. The molecule has 0 radical (unpaired) electrons. The molecule has 5 heteroatoms. The molecule has 1 aliphatic rings. The van der Waals surface area contributed by atoms with Crippen molar-refractivity contribution in [3.63, 3.8) is 0 Å². The van der Waals surface area contributed by atoms with Gasteiger partial charge in [-0.15, -0.1) is 0 Å². The normalized spacial score (nSPS) is 13.7. The van der Waals surface area contributed by atoms with Crippen molar-refractivity contribution < 1.29 is 4.79 Å². The molecule has 1 aliphatic carbocycles. The highest BCUT2D eigenvalue weighted by atomic mass is 16.1. The average Bonchev–Trinajstić information content (AvgIpc) is 3.13. The molecule has 1 aromatic carbocycles. The molecule has 3 aromatic rings. The van der Waals surface area contributed by atoms with Crippen LogP contribution in [0, 0.1) is 0 Å². The first-order valence-electron chi connectivity index (χ1n) is 10.8. The number of amides is 1. The first kappa shape index (κ1) is 20.3. The summed E-state index contributed by atoms with van der Waals surface area (Å²) in [6.45, 7) is 7.74. The number of nitrogens with one attached hydrogen (secondary N) is 1. The van der Waals surface area contributed by atoms with Gasteiger partial charge in [0.2, 0.25) is 0 Å². The molecule has 0 atom stereocenters. The van der Waals surface area contributed by atoms with E-state index >= 15 is 0 Å². The van der Waals surface area contributed by atoms with Crippen molar-refractivity contribution in [3.05, 3.63) is 71.0 Å². The van der Waals surface area contributed by atoms with E-state index in [4.69, 9.17) is 5.10 Å². The molecule has 0 fully saturated rings. The van der Waals surface area contributed by atoms with Gasteiger partial charge in [-0.05, 0) is 60.9 Å². The predicted octanol–water partition coefficient (Wildman–Crippen LogP) is 4.55. The molecule has 1 N–H and O–H groups in total. The average molecular weight is 403 g/mol. The van der Waals surface area contributed by atoms with Crippen LogP contribution in [0.1, 0.15) is 60.8 Å². The fourth-order valence-electron chi connectivity index (χ4n) is 4.06. The number of pyridine rings is 1. The number of carbonyl (C=O) groups is 1. The van der Waals surface area contributed by atoms with E-state index in [0.29, 0.717) is 18.7 Å². The second-order valence-corrected chi connectivity index (χ2v) is 9.00. The van der Waals surface area contributed by atoms with Gasteiger partial charge in [-0.25, -0.2) is 0 Å². The van der Waals surface area contributed by atoms with Gasteiger partial charge in [0.15, 0.2) is 0 Å². The van der Waals surface area contributed by atoms with Gasteiger partial charge in [0, 0.05) is 29.6 Å². The van der Waals surface area contributed by atoms with Gasteiger partial charge in [-0.3, -0.25) is 14.5 Å². The minimum absolute atomic E-state index is 0.0403. The summed E-state index contributed by atoms with van der Waals surface area (Å²) in [5.74, 6) is -0.0403. The molecule has 4 rings (SSSR count). The monoisotopic (exact) mass is 402 g/mol. The molecule has 156 valence electrons. The smallest absolute Gasteiger partial charge is 0.251 e. The fraction of sp³-hybridized carbons (Fsp3) is 0.400. The number of hydrogen-bond acceptors (Lipinski definition) is 3. The van der Waals surface area contributed by atoms with Crippen molar-refractivity contribution in [1.29, 1.82) is 0 Å². The van der Waals surface area contributed by atoms with Crippen LogP contribution in [0.5, 0.6) is 0 Å². The van der Waals surface area contributed by atoms with Gasteiger partial charge in [0.1, 0.15) is 5.69 Å². The zero-order valence-electron chi connectivity index (χ0n) is 18.1. The number of rotatable bonds is 5. The van der Waals surface area contributed by atoms with E-state index in [9.17, 15) is 4.79 Å². The maximum Gasteiger partial charge on any atom is 0.251 e. The molecular weight excluding hydrogens is 372 g/mol. The largest absolute Gasteiger partial charge is 0.350 e. The number of nitrogens with zero attached hydrogens (tertiary/aromatic N) is 3. The quantitative estimate of drug-likeness (QED) is 0.681. The molecule has 0 saturated heterocycles. The Hall–Kier alpha value is -2.95. The molecular formula is C25H30N4O. The van der Waals surface area contributed by atoms with Gasteiger partial charge in [0.25, 0.3) is 5.91 Å². The van der Waals surface area contributed by atoms with Crippen molar-refractivity contribution in [2.45, 2.75) is 58.4 Å². The lowest BCUT2D eigenvalue weighted by atomic mass is 9.87. The number of hydrogen-bond donors (Lipinski definition) is 1. The highest BCUT2D eigenvalue weighted by Gasteiger charge is 2.22. The van der Waals surface area contributed by atoms with Crippen LogP contribution in [0.25, 0.3) is 11.4 Å². The summed E-state index contributed by atoms with van der Waals surface area (Å²) in [5.41, 5.74) is 6.55. The van der Waals surface area contributed by atoms with Crippen LogP contribution in [0.2, 0.25) is 0 Å². The minimum atomic E-state index is -0.0403. The third-order valence-corrected chi connectivity index (χ3v) is 5.79. The Labute approximate surface area is 178 Å². The number of aromatic nitrogens is 3. The van der Waals surface area contributed by atoms with Gasteiger partial charge in [-0.2, -0.15) is 5.10 Å². The predicted molar refractivity (Wildman–Crippen MR) is 120 cm³/mol. The van der Waals surface area contributed by atoms with E-state index in [2.05, 4.69) is 35.8 Å². The maximum atomic E-state index is 12.6. The number of benzene rings is 1. The highest BCUT2D eigenvalue weighted by Crippen LogP contribution is 2.30. The fourth-order valence-corrected chi connectivity index (χ4v) is 4.06. The van der Waals surface area contributed by atoms with E-state index in [1.165, 1.54) is 29.7 Å². The van der Waals surface area contributed by atoms with E-state index in [-0.39, 0.29) is 11.3 Å². The highest BCUT2D eigenvalue weighted by molar-refractivity contribution is 5.94. The molecule has 0 unspecified atom stereocenters. The summed E-state index contributed by atoms with van der Waals surface area (Å²) in [7, 11) is 0. The summed E-state index contributed by atoms with van der Waals surface area (Å²) in [5, 5.41) is 7.92.